The average Bonchev–Trinajstić information content (AvgIpc) is 2.17. The third kappa shape index (κ3) is 2.96. The predicted octanol–water partition coefficient (Wildman–Crippen LogP) is 2.81. The van der Waals surface area contributed by atoms with Gasteiger partial charge in [-0.15, -0.1) is 0 Å². The molecule has 0 amide bonds. The molecule has 84 valence electrons. The van der Waals surface area contributed by atoms with Crippen molar-refractivity contribution in [2.45, 2.75) is 40.3 Å². The summed E-state index contributed by atoms with van der Waals surface area (Å²) in [5, 5.41) is 3.16. The minimum atomic E-state index is 0.223. The summed E-state index contributed by atoms with van der Waals surface area (Å²) in [6.07, 6.45) is 0.223. The Labute approximate surface area is 92.6 Å². The van der Waals surface area contributed by atoms with E-state index in [4.69, 9.17) is 4.74 Å². The lowest BCUT2D eigenvalue weighted by molar-refractivity contribution is 0.238. The molecule has 0 unspecified atom stereocenters. The van der Waals surface area contributed by atoms with Crippen molar-refractivity contribution in [2.24, 2.45) is 0 Å². The largest absolute Gasteiger partial charge is 0.490 e. The molecule has 1 rings (SSSR count). The molecular weight excluding hydrogens is 186 g/mol. The molecule has 1 N–H and O–H groups in total. The monoisotopic (exact) mass is 207 g/mol. The van der Waals surface area contributed by atoms with Crippen LogP contribution in [0.25, 0.3) is 0 Å². The van der Waals surface area contributed by atoms with Gasteiger partial charge >= 0.3 is 0 Å². The lowest BCUT2D eigenvalue weighted by atomic mass is 10.0. The SMILES string of the molecule is CNCc1ccc(C)c(C)c1OC(C)C. The van der Waals surface area contributed by atoms with Gasteiger partial charge in [-0.3, -0.25) is 0 Å². The van der Waals surface area contributed by atoms with Gasteiger partial charge in [-0.2, -0.15) is 0 Å². The van der Waals surface area contributed by atoms with Crippen LogP contribution in [0.5, 0.6) is 5.75 Å². The first kappa shape index (κ1) is 12.1. The lowest BCUT2D eigenvalue weighted by Crippen LogP contribution is -2.13. The zero-order valence-corrected chi connectivity index (χ0v) is 10.3. The van der Waals surface area contributed by atoms with E-state index in [0.29, 0.717) is 0 Å². The standard InChI is InChI=1S/C13H21NO/c1-9(2)15-13-11(4)10(3)6-7-12(13)8-14-5/h6-7,9,14H,8H2,1-5H3. The minimum Gasteiger partial charge on any atom is -0.490 e. The molecule has 0 spiro atoms. The molecule has 0 atom stereocenters. The van der Waals surface area contributed by atoms with Crippen LogP contribution in [0.2, 0.25) is 0 Å². The summed E-state index contributed by atoms with van der Waals surface area (Å²) < 4.78 is 5.87. The molecule has 1 aromatic rings. The van der Waals surface area contributed by atoms with Gasteiger partial charge in [0.2, 0.25) is 0 Å². The van der Waals surface area contributed by atoms with Gasteiger partial charge in [0, 0.05) is 12.1 Å². The molecule has 15 heavy (non-hydrogen) atoms. The first-order valence-corrected chi connectivity index (χ1v) is 5.46. The van der Waals surface area contributed by atoms with Crippen molar-refractivity contribution in [2.75, 3.05) is 7.05 Å². The quantitative estimate of drug-likeness (QED) is 0.819. The van der Waals surface area contributed by atoms with Gasteiger partial charge in [-0.05, 0) is 45.9 Å². The van der Waals surface area contributed by atoms with E-state index in [0.717, 1.165) is 12.3 Å². The number of rotatable bonds is 4. The molecule has 0 aliphatic heterocycles. The molecule has 0 aromatic heterocycles. The van der Waals surface area contributed by atoms with E-state index in [9.17, 15) is 0 Å². The number of hydrogen-bond acceptors (Lipinski definition) is 2. The second kappa shape index (κ2) is 5.17. The van der Waals surface area contributed by atoms with Crippen LogP contribution in [0, 0.1) is 13.8 Å². The predicted molar refractivity (Wildman–Crippen MR) is 64.4 cm³/mol. The zero-order valence-electron chi connectivity index (χ0n) is 10.3. The first-order valence-electron chi connectivity index (χ1n) is 5.46. The van der Waals surface area contributed by atoms with Crippen LogP contribution >= 0.6 is 0 Å². The highest BCUT2D eigenvalue weighted by Gasteiger charge is 2.10. The van der Waals surface area contributed by atoms with Crippen molar-refractivity contribution in [3.05, 3.63) is 28.8 Å². The van der Waals surface area contributed by atoms with Crippen LogP contribution in [-0.4, -0.2) is 13.2 Å². The molecule has 2 nitrogen and oxygen atoms in total. The summed E-state index contributed by atoms with van der Waals surface area (Å²) in [4.78, 5) is 0. The normalized spacial score (nSPS) is 10.8. The Hall–Kier alpha value is -1.02. The maximum Gasteiger partial charge on any atom is 0.127 e. The van der Waals surface area contributed by atoms with E-state index in [2.05, 4.69) is 45.1 Å². The summed E-state index contributed by atoms with van der Waals surface area (Å²) in [5.74, 6) is 1.04. The molecule has 0 saturated heterocycles. The van der Waals surface area contributed by atoms with Crippen molar-refractivity contribution in [1.29, 1.82) is 0 Å². The summed E-state index contributed by atoms with van der Waals surface area (Å²) in [6.45, 7) is 9.21. The third-order valence-corrected chi connectivity index (χ3v) is 2.48. The Kier molecular flexibility index (Phi) is 4.15. The van der Waals surface area contributed by atoms with Crippen molar-refractivity contribution in [3.63, 3.8) is 0 Å². The van der Waals surface area contributed by atoms with Gasteiger partial charge in [-0.1, -0.05) is 12.1 Å². The third-order valence-electron chi connectivity index (χ3n) is 2.48. The lowest BCUT2D eigenvalue weighted by Gasteiger charge is -2.18. The van der Waals surface area contributed by atoms with Crippen LogP contribution in [0.4, 0.5) is 0 Å². The van der Waals surface area contributed by atoms with Crippen LogP contribution in [0.1, 0.15) is 30.5 Å². The topological polar surface area (TPSA) is 21.3 Å². The minimum absolute atomic E-state index is 0.223. The molecule has 0 aliphatic carbocycles. The van der Waals surface area contributed by atoms with Gasteiger partial charge in [0.05, 0.1) is 6.10 Å². The molecule has 0 bridgehead atoms. The fourth-order valence-electron chi connectivity index (χ4n) is 1.58. The van der Waals surface area contributed by atoms with E-state index in [1.165, 1.54) is 16.7 Å². The highest BCUT2D eigenvalue weighted by molar-refractivity contribution is 5.45. The van der Waals surface area contributed by atoms with Gasteiger partial charge in [0.15, 0.2) is 0 Å². The Morgan fingerprint density at radius 1 is 1.27 bits per heavy atom. The fraction of sp³-hybridized carbons (Fsp3) is 0.538. The molecule has 0 fully saturated rings. The van der Waals surface area contributed by atoms with Crippen molar-refractivity contribution >= 4 is 0 Å². The van der Waals surface area contributed by atoms with Crippen LogP contribution in [-0.2, 0) is 6.54 Å². The highest BCUT2D eigenvalue weighted by Crippen LogP contribution is 2.27. The first-order chi connectivity index (χ1) is 7.06. The van der Waals surface area contributed by atoms with Crippen molar-refractivity contribution in [3.8, 4) is 5.75 Å². The number of aryl methyl sites for hydroxylation is 1. The average molecular weight is 207 g/mol. The van der Waals surface area contributed by atoms with Gasteiger partial charge < -0.3 is 10.1 Å². The van der Waals surface area contributed by atoms with Crippen LogP contribution < -0.4 is 10.1 Å². The Balaban J connectivity index is 3.10. The summed E-state index contributed by atoms with van der Waals surface area (Å²) in [6, 6.07) is 4.28. The second-order valence-electron chi connectivity index (χ2n) is 4.19. The molecule has 0 saturated carbocycles. The molecule has 0 radical (unpaired) electrons. The molecule has 1 aromatic carbocycles. The van der Waals surface area contributed by atoms with E-state index >= 15 is 0 Å². The smallest absolute Gasteiger partial charge is 0.127 e. The highest BCUT2D eigenvalue weighted by atomic mass is 16.5. The van der Waals surface area contributed by atoms with Crippen LogP contribution in [0.15, 0.2) is 12.1 Å². The fourth-order valence-corrected chi connectivity index (χ4v) is 1.58. The van der Waals surface area contributed by atoms with Gasteiger partial charge in [0.25, 0.3) is 0 Å². The number of nitrogens with one attached hydrogen (secondary N) is 1. The number of ether oxygens (including phenoxy) is 1. The Morgan fingerprint density at radius 3 is 2.47 bits per heavy atom. The van der Waals surface area contributed by atoms with Crippen LogP contribution in [0.3, 0.4) is 0 Å². The molecule has 0 aliphatic rings. The summed E-state index contributed by atoms with van der Waals surface area (Å²) in [5.41, 5.74) is 3.76. The molecular formula is C13H21NO. The Morgan fingerprint density at radius 2 is 1.93 bits per heavy atom. The number of hydrogen-bond donors (Lipinski definition) is 1. The molecule has 2 heteroatoms. The summed E-state index contributed by atoms with van der Waals surface area (Å²) >= 11 is 0. The van der Waals surface area contributed by atoms with E-state index in [-0.39, 0.29) is 6.10 Å². The number of benzene rings is 1. The molecule has 0 heterocycles. The van der Waals surface area contributed by atoms with E-state index < -0.39 is 0 Å². The van der Waals surface area contributed by atoms with E-state index in [1.54, 1.807) is 0 Å². The Bertz CT molecular complexity index is 332. The van der Waals surface area contributed by atoms with E-state index in [1.807, 2.05) is 7.05 Å². The van der Waals surface area contributed by atoms with Gasteiger partial charge in [0.1, 0.15) is 5.75 Å². The van der Waals surface area contributed by atoms with Crippen molar-refractivity contribution < 1.29 is 4.74 Å². The zero-order chi connectivity index (χ0) is 11.4. The maximum atomic E-state index is 5.87. The van der Waals surface area contributed by atoms with Gasteiger partial charge in [-0.25, -0.2) is 0 Å². The maximum absolute atomic E-state index is 5.87. The van der Waals surface area contributed by atoms with Crippen molar-refractivity contribution in [1.82, 2.24) is 5.32 Å². The second-order valence-corrected chi connectivity index (χ2v) is 4.19. The summed E-state index contributed by atoms with van der Waals surface area (Å²) in [7, 11) is 1.95.